The number of rotatable bonds is 7. The van der Waals surface area contributed by atoms with Gasteiger partial charge in [-0.1, -0.05) is 12.1 Å². The number of hydrogen-bond acceptors (Lipinski definition) is 6. The maximum absolute atomic E-state index is 5.49. The van der Waals surface area contributed by atoms with Crippen LogP contribution in [0.15, 0.2) is 24.3 Å². The maximum atomic E-state index is 5.49. The SMILES string of the molecule is CCN(CCCN(C)C)c1nc(NN)nc2ccccc12. The van der Waals surface area contributed by atoms with E-state index in [1.165, 1.54) is 0 Å². The topological polar surface area (TPSA) is 70.3 Å². The minimum Gasteiger partial charge on any atom is -0.356 e. The summed E-state index contributed by atoms with van der Waals surface area (Å²) in [6, 6.07) is 8.02. The lowest BCUT2D eigenvalue weighted by Gasteiger charge is -2.24. The minimum absolute atomic E-state index is 0.453. The average Bonchev–Trinajstić information content (AvgIpc) is 2.50. The monoisotopic (exact) mass is 288 g/mol. The fourth-order valence-corrected chi connectivity index (χ4v) is 2.36. The number of hydrogen-bond donors (Lipinski definition) is 2. The second-order valence-corrected chi connectivity index (χ2v) is 5.27. The molecule has 0 spiro atoms. The van der Waals surface area contributed by atoms with E-state index < -0.39 is 0 Å². The largest absolute Gasteiger partial charge is 0.356 e. The van der Waals surface area contributed by atoms with Crippen molar-refractivity contribution < 1.29 is 0 Å². The third-order valence-electron chi connectivity index (χ3n) is 3.43. The van der Waals surface area contributed by atoms with Crippen LogP contribution in [0.4, 0.5) is 11.8 Å². The first kappa shape index (κ1) is 15.5. The lowest BCUT2D eigenvalue weighted by molar-refractivity contribution is 0.400. The summed E-state index contributed by atoms with van der Waals surface area (Å²) in [4.78, 5) is 13.4. The van der Waals surface area contributed by atoms with Crippen LogP contribution >= 0.6 is 0 Å². The summed E-state index contributed by atoms with van der Waals surface area (Å²) in [6.07, 6.45) is 1.09. The van der Waals surface area contributed by atoms with Crippen LogP contribution in [0.3, 0.4) is 0 Å². The van der Waals surface area contributed by atoms with E-state index in [2.05, 4.69) is 52.3 Å². The van der Waals surface area contributed by atoms with Gasteiger partial charge >= 0.3 is 0 Å². The summed E-state index contributed by atoms with van der Waals surface area (Å²) in [5.74, 6) is 6.88. The number of nitrogens with zero attached hydrogens (tertiary/aromatic N) is 4. The molecule has 2 rings (SSSR count). The van der Waals surface area contributed by atoms with Crippen molar-refractivity contribution in [2.75, 3.05) is 44.1 Å². The highest BCUT2D eigenvalue weighted by molar-refractivity contribution is 5.90. The Kier molecular flexibility index (Phi) is 5.30. The van der Waals surface area contributed by atoms with E-state index in [0.717, 1.165) is 42.8 Å². The standard InChI is InChI=1S/C15H24N6/c1-4-21(11-7-10-20(2)3)14-12-8-5-6-9-13(12)17-15(18-14)19-16/h5-6,8-9H,4,7,10-11,16H2,1-3H3,(H,17,18,19). The van der Waals surface area contributed by atoms with Crippen molar-refractivity contribution in [3.63, 3.8) is 0 Å². The molecule has 0 bridgehead atoms. The molecule has 1 aromatic carbocycles. The van der Waals surface area contributed by atoms with Crippen molar-refractivity contribution in [3.8, 4) is 0 Å². The summed E-state index contributed by atoms with van der Waals surface area (Å²) in [5.41, 5.74) is 3.46. The van der Waals surface area contributed by atoms with Gasteiger partial charge in [0, 0.05) is 18.5 Å². The summed E-state index contributed by atoms with van der Waals surface area (Å²) in [6.45, 7) is 5.06. The summed E-state index contributed by atoms with van der Waals surface area (Å²) in [7, 11) is 4.18. The molecule has 1 aromatic heterocycles. The predicted molar refractivity (Wildman–Crippen MR) is 88.4 cm³/mol. The number of nitrogens with one attached hydrogen (secondary N) is 1. The van der Waals surface area contributed by atoms with E-state index in [-0.39, 0.29) is 0 Å². The van der Waals surface area contributed by atoms with Gasteiger partial charge in [0.25, 0.3) is 0 Å². The second-order valence-electron chi connectivity index (χ2n) is 5.27. The number of anilines is 2. The zero-order valence-electron chi connectivity index (χ0n) is 13.0. The fraction of sp³-hybridized carbons (Fsp3) is 0.467. The van der Waals surface area contributed by atoms with Crippen molar-refractivity contribution in [2.24, 2.45) is 5.84 Å². The summed E-state index contributed by atoms with van der Waals surface area (Å²) < 4.78 is 0. The third kappa shape index (κ3) is 3.80. The molecule has 3 N–H and O–H groups in total. The van der Waals surface area contributed by atoms with Crippen LogP contribution in [0.2, 0.25) is 0 Å². The van der Waals surface area contributed by atoms with E-state index >= 15 is 0 Å². The molecule has 0 saturated carbocycles. The molecule has 0 saturated heterocycles. The molecule has 21 heavy (non-hydrogen) atoms. The van der Waals surface area contributed by atoms with Gasteiger partial charge < -0.3 is 9.80 Å². The van der Waals surface area contributed by atoms with Gasteiger partial charge in [0.1, 0.15) is 5.82 Å². The number of fused-ring (bicyclic) bond motifs is 1. The third-order valence-corrected chi connectivity index (χ3v) is 3.43. The van der Waals surface area contributed by atoms with Crippen LogP contribution in [-0.2, 0) is 0 Å². The number of aromatic nitrogens is 2. The number of hydrazine groups is 1. The zero-order chi connectivity index (χ0) is 15.2. The second kappa shape index (κ2) is 7.19. The Balaban J connectivity index is 2.32. The molecule has 114 valence electrons. The Hall–Kier alpha value is -1.92. The van der Waals surface area contributed by atoms with Crippen LogP contribution in [0.1, 0.15) is 13.3 Å². The van der Waals surface area contributed by atoms with Gasteiger partial charge in [0.05, 0.1) is 5.52 Å². The molecule has 0 atom stereocenters. The molecular formula is C15H24N6. The number of para-hydroxylation sites is 1. The molecule has 0 aliphatic heterocycles. The van der Waals surface area contributed by atoms with Gasteiger partial charge in [-0.15, -0.1) is 0 Å². The highest BCUT2D eigenvalue weighted by Gasteiger charge is 2.12. The Morgan fingerprint density at radius 1 is 1.14 bits per heavy atom. The molecule has 6 heteroatoms. The van der Waals surface area contributed by atoms with Crippen LogP contribution in [0.5, 0.6) is 0 Å². The van der Waals surface area contributed by atoms with Crippen LogP contribution in [-0.4, -0.2) is 48.6 Å². The van der Waals surface area contributed by atoms with Crippen LogP contribution < -0.4 is 16.2 Å². The lowest BCUT2D eigenvalue weighted by atomic mass is 10.2. The molecule has 0 amide bonds. The summed E-state index contributed by atoms with van der Waals surface area (Å²) in [5, 5.41) is 1.06. The van der Waals surface area contributed by atoms with Gasteiger partial charge in [0.2, 0.25) is 5.95 Å². The minimum atomic E-state index is 0.453. The summed E-state index contributed by atoms with van der Waals surface area (Å²) >= 11 is 0. The molecule has 0 fully saturated rings. The van der Waals surface area contributed by atoms with E-state index in [1.54, 1.807) is 0 Å². The maximum Gasteiger partial charge on any atom is 0.239 e. The van der Waals surface area contributed by atoms with E-state index in [0.29, 0.717) is 5.95 Å². The quantitative estimate of drug-likeness (QED) is 0.597. The number of nitrogens with two attached hydrogens (primary N) is 1. The first-order chi connectivity index (χ1) is 10.2. The normalized spacial score (nSPS) is 11.1. The van der Waals surface area contributed by atoms with Crippen molar-refractivity contribution >= 4 is 22.7 Å². The molecule has 0 aliphatic carbocycles. The smallest absolute Gasteiger partial charge is 0.239 e. The molecule has 0 radical (unpaired) electrons. The molecule has 1 heterocycles. The van der Waals surface area contributed by atoms with E-state index in [1.807, 2.05) is 18.2 Å². The van der Waals surface area contributed by atoms with Gasteiger partial charge in [-0.2, -0.15) is 4.98 Å². The predicted octanol–water partition coefficient (Wildman–Crippen LogP) is 1.69. The Labute approximate surface area is 125 Å². The number of nitrogen functional groups attached to an aromatic ring is 1. The van der Waals surface area contributed by atoms with Gasteiger partial charge in [-0.3, -0.25) is 5.43 Å². The zero-order valence-corrected chi connectivity index (χ0v) is 13.0. The van der Waals surface area contributed by atoms with E-state index in [9.17, 15) is 0 Å². The Bertz CT molecular complexity index is 583. The van der Waals surface area contributed by atoms with Gasteiger partial charge in [0.15, 0.2) is 0 Å². The highest BCUT2D eigenvalue weighted by Crippen LogP contribution is 2.25. The van der Waals surface area contributed by atoms with Gasteiger partial charge in [-0.25, -0.2) is 10.8 Å². The average molecular weight is 288 g/mol. The Morgan fingerprint density at radius 2 is 1.90 bits per heavy atom. The first-order valence-corrected chi connectivity index (χ1v) is 7.28. The van der Waals surface area contributed by atoms with Crippen molar-refractivity contribution in [1.82, 2.24) is 14.9 Å². The first-order valence-electron chi connectivity index (χ1n) is 7.28. The molecule has 0 aliphatic rings. The van der Waals surface area contributed by atoms with Crippen molar-refractivity contribution in [3.05, 3.63) is 24.3 Å². The number of benzene rings is 1. The molecule has 0 unspecified atom stereocenters. The Morgan fingerprint density at radius 3 is 2.57 bits per heavy atom. The van der Waals surface area contributed by atoms with Gasteiger partial charge in [-0.05, 0) is 46.1 Å². The van der Waals surface area contributed by atoms with Crippen molar-refractivity contribution in [1.29, 1.82) is 0 Å². The molecule has 2 aromatic rings. The molecular weight excluding hydrogens is 264 g/mol. The van der Waals surface area contributed by atoms with Crippen LogP contribution in [0.25, 0.3) is 10.9 Å². The fourth-order valence-electron chi connectivity index (χ4n) is 2.36. The lowest BCUT2D eigenvalue weighted by Crippen LogP contribution is -2.28. The van der Waals surface area contributed by atoms with Crippen molar-refractivity contribution in [2.45, 2.75) is 13.3 Å². The van der Waals surface area contributed by atoms with E-state index in [4.69, 9.17) is 5.84 Å². The highest BCUT2D eigenvalue weighted by atomic mass is 15.3. The van der Waals surface area contributed by atoms with Crippen LogP contribution in [0, 0.1) is 0 Å². The molecule has 6 nitrogen and oxygen atoms in total.